The monoisotopic (exact) mass is 308 g/mol. The minimum atomic E-state index is 0.0803. The highest BCUT2D eigenvalue weighted by molar-refractivity contribution is 9.10. The van der Waals surface area contributed by atoms with Crippen LogP contribution in [-0.2, 0) is 4.74 Å². The van der Waals surface area contributed by atoms with Crippen LogP contribution < -0.4 is 0 Å². The maximum Gasteiger partial charge on any atom is 0.168 e. The maximum absolute atomic E-state index is 12.5. The van der Waals surface area contributed by atoms with E-state index in [4.69, 9.17) is 4.74 Å². The normalized spacial score (nSPS) is 17.2. The van der Waals surface area contributed by atoms with Crippen molar-refractivity contribution in [2.45, 2.75) is 12.8 Å². The number of halogens is 1. The molecule has 2 aromatic rings. The van der Waals surface area contributed by atoms with Crippen LogP contribution in [0.1, 0.15) is 23.2 Å². The van der Waals surface area contributed by atoms with Crippen LogP contribution in [0.4, 0.5) is 0 Å². The Kier molecular flexibility index (Phi) is 3.18. The Labute approximate surface area is 113 Å². The molecule has 0 amide bonds. The molecule has 3 heterocycles. The maximum atomic E-state index is 12.5. The molecule has 0 unspecified atom stereocenters. The third kappa shape index (κ3) is 2.08. The van der Waals surface area contributed by atoms with Crippen molar-refractivity contribution in [2.75, 3.05) is 13.2 Å². The molecule has 0 atom stereocenters. The van der Waals surface area contributed by atoms with E-state index in [1.807, 2.05) is 6.07 Å². The summed E-state index contributed by atoms with van der Waals surface area (Å²) in [7, 11) is 0. The van der Waals surface area contributed by atoms with Gasteiger partial charge in [0, 0.05) is 46.9 Å². The van der Waals surface area contributed by atoms with Crippen LogP contribution in [0, 0.1) is 5.92 Å². The summed E-state index contributed by atoms with van der Waals surface area (Å²) in [4.78, 5) is 19.8. The summed E-state index contributed by atoms with van der Waals surface area (Å²) in [5.74, 6) is 0.279. The van der Waals surface area contributed by atoms with Crippen LogP contribution in [-0.4, -0.2) is 29.0 Å². The van der Waals surface area contributed by atoms with Gasteiger partial charge in [0.25, 0.3) is 0 Å². The van der Waals surface area contributed by atoms with Gasteiger partial charge in [0.1, 0.15) is 5.65 Å². The number of aromatic nitrogens is 2. The quantitative estimate of drug-likeness (QED) is 0.868. The van der Waals surface area contributed by atoms with Crippen molar-refractivity contribution in [1.29, 1.82) is 0 Å². The largest absolute Gasteiger partial charge is 0.381 e. The molecule has 1 N–H and O–H groups in total. The number of hydrogen-bond donors (Lipinski definition) is 1. The molecule has 0 radical (unpaired) electrons. The van der Waals surface area contributed by atoms with Gasteiger partial charge in [0.2, 0.25) is 0 Å². The standard InChI is InChI=1S/C13H13BrN2O2/c14-9-5-10-11(7-16-13(10)15-6-9)12(17)8-1-3-18-4-2-8/h5-8H,1-4H2,(H,15,16). The van der Waals surface area contributed by atoms with Gasteiger partial charge in [-0.05, 0) is 34.8 Å². The molecular formula is C13H13BrN2O2. The average Bonchev–Trinajstić information content (AvgIpc) is 2.82. The lowest BCUT2D eigenvalue weighted by Crippen LogP contribution is -2.23. The Balaban J connectivity index is 1.98. The Morgan fingerprint density at radius 1 is 1.44 bits per heavy atom. The van der Waals surface area contributed by atoms with E-state index < -0.39 is 0 Å². The zero-order chi connectivity index (χ0) is 12.5. The number of ether oxygens (including phenoxy) is 1. The van der Waals surface area contributed by atoms with Gasteiger partial charge in [-0.3, -0.25) is 4.79 Å². The summed E-state index contributed by atoms with van der Waals surface area (Å²) in [5, 5.41) is 0.890. The Morgan fingerprint density at radius 3 is 3.00 bits per heavy atom. The number of rotatable bonds is 2. The molecule has 1 aliphatic rings. The fourth-order valence-corrected chi connectivity index (χ4v) is 2.69. The van der Waals surface area contributed by atoms with Gasteiger partial charge < -0.3 is 9.72 Å². The fraction of sp³-hybridized carbons (Fsp3) is 0.385. The van der Waals surface area contributed by atoms with E-state index in [0.29, 0.717) is 13.2 Å². The average molecular weight is 309 g/mol. The number of H-pyrrole nitrogens is 1. The first-order valence-electron chi connectivity index (χ1n) is 6.00. The first-order valence-corrected chi connectivity index (χ1v) is 6.79. The first-order chi connectivity index (χ1) is 8.75. The zero-order valence-electron chi connectivity index (χ0n) is 9.78. The molecule has 18 heavy (non-hydrogen) atoms. The highest BCUT2D eigenvalue weighted by atomic mass is 79.9. The van der Waals surface area contributed by atoms with Gasteiger partial charge in [-0.25, -0.2) is 4.98 Å². The number of nitrogens with zero attached hydrogens (tertiary/aromatic N) is 1. The number of ketones is 1. The van der Waals surface area contributed by atoms with Gasteiger partial charge in [-0.2, -0.15) is 0 Å². The van der Waals surface area contributed by atoms with Crippen LogP contribution in [0.15, 0.2) is 22.9 Å². The predicted molar refractivity (Wildman–Crippen MR) is 71.7 cm³/mol. The summed E-state index contributed by atoms with van der Waals surface area (Å²) in [6, 6.07) is 1.94. The third-order valence-corrected chi connectivity index (χ3v) is 3.79. The Morgan fingerprint density at radius 2 is 2.22 bits per heavy atom. The molecule has 1 fully saturated rings. The Hall–Kier alpha value is -1.20. The number of Topliss-reactive ketones (excluding diaryl/α,β-unsaturated/α-hetero) is 1. The van der Waals surface area contributed by atoms with E-state index in [-0.39, 0.29) is 11.7 Å². The second-order valence-corrected chi connectivity index (χ2v) is 5.42. The summed E-state index contributed by atoms with van der Waals surface area (Å²) in [5.41, 5.74) is 1.50. The number of carbonyl (C=O) groups excluding carboxylic acids is 1. The van der Waals surface area contributed by atoms with Crippen molar-refractivity contribution in [2.24, 2.45) is 5.92 Å². The van der Waals surface area contributed by atoms with E-state index in [9.17, 15) is 4.79 Å². The van der Waals surface area contributed by atoms with Crippen LogP contribution in [0.25, 0.3) is 11.0 Å². The van der Waals surface area contributed by atoms with Crippen molar-refractivity contribution in [1.82, 2.24) is 9.97 Å². The van der Waals surface area contributed by atoms with E-state index in [1.54, 1.807) is 12.4 Å². The summed E-state index contributed by atoms with van der Waals surface area (Å²) >= 11 is 3.39. The molecule has 4 nitrogen and oxygen atoms in total. The first kappa shape index (κ1) is 11.9. The van der Waals surface area contributed by atoms with Crippen molar-refractivity contribution in [3.63, 3.8) is 0 Å². The molecule has 0 aliphatic carbocycles. The topological polar surface area (TPSA) is 55.0 Å². The molecule has 3 rings (SSSR count). The van der Waals surface area contributed by atoms with Crippen LogP contribution in [0.5, 0.6) is 0 Å². The number of fused-ring (bicyclic) bond motifs is 1. The minimum absolute atomic E-state index is 0.0803. The predicted octanol–water partition coefficient (Wildman–Crippen LogP) is 2.93. The summed E-state index contributed by atoms with van der Waals surface area (Å²) in [6.45, 7) is 1.36. The number of pyridine rings is 1. The van der Waals surface area contributed by atoms with Crippen LogP contribution >= 0.6 is 15.9 Å². The third-order valence-electron chi connectivity index (χ3n) is 3.36. The molecular weight excluding hydrogens is 296 g/mol. The SMILES string of the molecule is O=C(c1c[nH]c2ncc(Br)cc12)C1CCOCC1. The van der Waals surface area contributed by atoms with Crippen molar-refractivity contribution >= 4 is 32.7 Å². The second kappa shape index (κ2) is 4.82. The van der Waals surface area contributed by atoms with Gasteiger partial charge in [-0.15, -0.1) is 0 Å². The van der Waals surface area contributed by atoms with Gasteiger partial charge >= 0.3 is 0 Å². The van der Waals surface area contributed by atoms with E-state index in [2.05, 4.69) is 25.9 Å². The molecule has 2 aromatic heterocycles. The molecule has 0 spiro atoms. The zero-order valence-corrected chi connectivity index (χ0v) is 11.4. The molecule has 0 aromatic carbocycles. The molecule has 94 valence electrons. The molecule has 1 aliphatic heterocycles. The minimum Gasteiger partial charge on any atom is -0.381 e. The number of nitrogens with one attached hydrogen (secondary N) is 1. The smallest absolute Gasteiger partial charge is 0.168 e. The molecule has 1 saturated heterocycles. The second-order valence-electron chi connectivity index (χ2n) is 4.50. The molecule has 0 saturated carbocycles. The Bertz CT molecular complexity index is 588. The lowest BCUT2D eigenvalue weighted by atomic mass is 9.91. The van der Waals surface area contributed by atoms with E-state index >= 15 is 0 Å². The van der Waals surface area contributed by atoms with Crippen molar-refractivity contribution < 1.29 is 9.53 Å². The van der Waals surface area contributed by atoms with Gasteiger partial charge in [0.15, 0.2) is 5.78 Å². The fourth-order valence-electron chi connectivity index (χ4n) is 2.36. The van der Waals surface area contributed by atoms with E-state index in [1.165, 1.54) is 0 Å². The number of carbonyl (C=O) groups is 1. The van der Waals surface area contributed by atoms with Crippen molar-refractivity contribution in [3.8, 4) is 0 Å². The van der Waals surface area contributed by atoms with Crippen molar-refractivity contribution in [3.05, 3.63) is 28.5 Å². The highest BCUT2D eigenvalue weighted by Gasteiger charge is 2.25. The van der Waals surface area contributed by atoms with Crippen LogP contribution in [0.3, 0.4) is 0 Å². The summed E-state index contributed by atoms with van der Waals surface area (Å²) in [6.07, 6.45) is 5.11. The van der Waals surface area contributed by atoms with Gasteiger partial charge in [-0.1, -0.05) is 0 Å². The van der Waals surface area contributed by atoms with Crippen LogP contribution in [0.2, 0.25) is 0 Å². The lowest BCUT2D eigenvalue weighted by Gasteiger charge is -2.20. The lowest BCUT2D eigenvalue weighted by molar-refractivity contribution is 0.0546. The molecule has 5 heteroatoms. The highest BCUT2D eigenvalue weighted by Crippen LogP contribution is 2.26. The van der Waals surface area contributed by atoms with E-state index in [0.717, 1.165) is 33.9 Å². The number of hydrogen-bond acceptors (Lipinski definition) is 3. The van der Waals surface area contributed by atoms with Gasteiger partial charge in [0.05, 0.1) is 0 Å². The molecule has 0 bridgehead atoms. The summed E-state index contributed by atoms with van der Waals surface area (Å²) < 4.78 is 6.18. The number of aromatic amines is 1.